The van der Waals surface area contributed by atoms with Crippen LogP contribution in [-0.2, 0) is 11.9 Å². The highest BCUT2D eigenvalue weighted by Crippen LogP contribution is 2.32. The van der Waals surface area contributed by atoms with Crippen molar-refractivity contribution in [2.24, 2.45) is 0 Å². The summed E-state index contributed by atoms with van der Waals surface area (Å²) >= 11 is 6.11. The average Bonchev–Trinajstić information content (AvgIpc) is 2.16. The molecule has 78 valence electrons. The van der Waals surface area contributed by atoms with Crippen LogP contribution >= 0.6 is 31.9 Å². The van der Waals surface area contributed by atoms with E-state index in [1.165, 1.54) is 6.20 Å². The maximum Gasteiger partial charge on any atom is 0.265 e. The Morgan fingerprint density at radius 3 is 2.57 bits per heavy atom. The summed E-state index contributed by atoms with van der Waals surface area (Å²) in [5.74, 6) is 0. The maximum absolute atomic E-state index is 12.6. The zero-order chi connectivity index (χ0) is 10.7. The highest BCUT2D eigenvalue weighted by Gasteiger charge is 2.19. The number of alkyl halides is 3. The molecule has 0 aliphatic heterocycles. The van der Waals surface area contributed by atoms with Crippen molar-refractivity contribution in [2.45, 2.75) is 18.4 Å². The van der Waals surface area contributed by atoms with Crippen LogP contribution in [0, 0.1) is 0 Å². The van der Waals surface area contributed by atoms with Crippen LogP contribution in [0.4, 0.5) is 8.78 Å². The van der Waals surface area contributed by atoms with E-state index >= 15 is 0 Å². The molecule has 0 fully saturated rings. The predicted molar refractivity (Wildman–Crippen MR) is 55.4 cm³/mol. The first-order chi connectivity index (χ1) is 6.61. The van der Waals surface area contributed by atoms with Gasteiger partial charge in [-0.1, -0.05) is 15.9 Å². The summed E-state index contributed by atoms with van der Waals surface area (Å²) in [7, 11) is 0. The summed E-state index contributed by atoms with van der Waals surface area (Å²) in [6, 6.07) is 0. The molecular weight excluding hydrogens is 324 g/mol. The lowest BCUT2D eigenvalue weighted by molar-refractivity contribution is 0.146. The fourth-order valence-corrected chi connectivity index (χ4v) is 2.11. The van der Waals surface area contributed by atoms with Gasteiger partial charge in [0.2, 0.25) is 0 Å². The molecule has 1 aromatic heterocycles. The zero-order valence-electron chi connectivity index (χ0n) is 6.98. The normalized spacial score (nSPS) is 11.0. The van der Waals surface area contributed by atoms with Crippen LogP contribution in [0.15, 0.2) is 10.7 Å². The van der Waals surface area contributed by atoms with Gasteiger partial charge in [-0.15, -0.1) is 0 Å². The lowest BCUT2D eigenvalue weighted by Gasteiger charge is -2.11. The molecule has 2 nitrogen and oxygen atoms in total. The standard InChI is InChI=1S/C8H7Br2F2NO/c9-1-6-4(3-14)7(8(11)12)5(10)2-13-6/h2,8,14H,1,3H2. The first kappa shape index (κ1) is 12.0. The molecule has 0 atom stereocenters. The summed E-state index contributed by atoms with van der Waals surface area (Å²) < 4.78 is 25.4. The summed E-state index contributed by atoms with van der Waals surface area (Å²) in [4.78, 5) is 3.92. The van der Waals surface area contributed by atoms with Crippen LogP contribution in [0.1, 0.15) is 23.2 Å². The second-order valence-corrected chi connectivity index (χ2v) is 3.95. The third-order valence-corrected chi connectivity index (χ3v) is 2.93. The quantitative estimate of drug-likeness (QED) is 0.863. The number of nitrogens with zero attached hydrogens (tertiary/aromatic N) is 1. The molecule has 6 heteroatoms. The van der Waals surface area contributed by atoms with Gasteiger partial charge in [-0.2, -0.15) is 0 Å². The Morgan fingerprint density at radius 2 is 2.14 bits per heavy atom. The van der Waals surface area contributed by atoms with Crippen LogP contribution in [-0.4, -0.2) is 10.1 Å². The summed E-state index contributed by atoms with van der Waals surface area (Å²) in [6.45, 7) is -0.437. The smallest absolute Gasteiger partial charge is 0.265 e. The average molecular weight is 331 g/mol. The van der Waals surface area contributed by atoms with Gasteiger partial charge in [-0.3, -0.25) is 4.98 Å². The Hall–Kier alpha value is -0.0700. The minimum atomic E-state index is -2.62. The minimum Gasteiger partial charge on any atom is -0.392 e. The Bertz CT molecular complexity index is 333. The molecule has 0 saturated heterocycles. The van der Waals surface area contributed by atoms with Crippen LogP contribution in [0.25, 0.3) is 0 Å². The van der Waals surface area contributed by atoms with Gasteiger partial charge in [-0.05, 0) is 15.9 Å². The van der Waals surface area contributed by atoms with Crippen LogP contribution in [0.3, 0.4) is 0 Å². The number of aliphatic hydroxyl groups is 1. The van der Waals surface area contributed by atoms with Gasteiger partial charge < -0.3 is 5.11 Å². The Kier molecular flexibility index (Phi) is 4.40. The fraction of sp³-hybridized carbons (Fsp3) is 0.375. The van der Waals surface area contributed by atoms with Crippen molar-refractivity contribution in [3.8, 4) is 0 Å². The molecule has 0 amide bonds. The van der Waals surface area contributed by atoms with E-state index in [2.05, 4.69) is 36.8 Å². The number of hydrogen-bond acceptors (Lipinski definition) is 2. The van der Waals surface area contributed by atoms with Crippen molar-refractivity contribution in [2.75, 3.05) is 0 Å². The van der Waals surface area contributed by atoms with E-state index in [0.717, 1.165) is 0 Å². The fourth-order valence-electron chi connectivity index (χ4n) is 1.11. The number of rotatable bonds is 3. The third-order valence-electron chi connectivity index (χ3n) is 1.77. The molecule has 0 spiro atoms. The molecule has 1 aromatic rings. The number of hydrogen-bond donors (Lipinski definition) is 1. The summed E-state index contributed by atoms with van der Waals surface area (Å²) in [6.07, 6.45) is -1.30. The van der Waals surface area contributed by atoms with E-state index in [-0.39, 0.29) is 15.6 Å². The first-order valence-corrected chi connectivity index (χ1v) is 5.64. The van der Waals surface area contributed by atoms with Gasteiger partial charge in [0.25, 0.3) is 6.43 Å². The van der Waals surface area contributed by atoms with Gasteiger partial charge in [0.1, 0.15) is 0 Å². The molecule has 0 bridgehead atoms. The maximum atomic E-state index is 12.6. The van der Waals surface area contributed by atoms with Crippen LogP contribution in [0.2, 0.25) is 0 Å². The number of aromatic nitrogens is 1. The lowest BCUT2D eigenvalue weighted by Crippen LogP contribution is -2.03. The molecule has 0 unspecified atom stereocenters. The van der Waals surface area contributed by atoms with Crippen molar-refractivity contribution in [1.29, 1.82) is 0 Å². The van der Waals surface area contributed by atoms with Crippen molar-refractivity contribution in [3.63, 3.8) is 0 Å². The molecule has 0 aliphatic rings. The Balaban J connectivity index is 3.35. The van der Waals surface area contributed by atoms with Crippen molar-refractivity contribution >= 4 is 31.9 Å². The zero-order valence-corrected chi connectivity index (χ0v) is 10.1. The molecule has 0 radical (unpaired) electrons. The third kappa shape index (κ3) is 2.29. The van der Waals surface area contributed by atoms with E-state index < -0.39 is 13.0 Å². The molecule has 1 N–H and O–H groups in total. The van der Waals surface area contributed by atoms with E-state index in [1.54, 1.807) is 0 Å². The van der Waals surface area contributed by atoms with Crippen molar-refractivity contribution < 1.29 is 13.9 Å². The first-order valence-electron chi connectivity index (χ1n) is 3.73. The largest absolute Gasteiger partial charge is 0.392 e. The highest BCUT2D eigenvalue weighted by molar-refractivity contribution is 9.10. The number of aliphatic hydroxyl groups excluding tert-OH is 1. The van der Waals surface area contributed by atoms with Gasteiger partial charge in [0, 0.05) is 27.1 Å². The van der Waals surface area contributed by atoms with E-state index in [4.69, 9.17) is 5.11 Å². The van der Waals surface area contributed by atoms with Crippen LogP contribution in [0.5, 0.6) is 0 Å². The van der Waals surface area contributed by atoms with Gasteiger partial charge >= 0.3 is 0 Å². The highest BCUT2D eigenvalue weighted by atomic mass is 79.9. The lowest BCUT2D eigenvalue weighted by atomic mass is 10.1. The van der Waals surface area contributed by atoms with E-state index in [1.807, 2.05) is 0 Å². The molecule has 0 saturated carbocycles. The summed E-state index contributed by atoms with van der Waals surface area (Å²) in [5.41, 5.74) is 0.439. The second kappa shape index (κ2) is 5.14. The van der Waals surface area contributed by atoms with Gasteiger partial charge in [0.15, 0.2) is 0 Å². The Morgan fingerprint density at radius 1 is 1.50 bits per heavy atom. The topological polar surface area (TPSA) is 33.1 Å². The monoisotopic (exact) mass is 329 g/mol. The van der Waals surface area contributed by atoms with Gasteiger partial charge in [0.05, 0.1) is 12.3 Å². The van der Waals surface area contributed by atoms with E-state index in [0.29, 0.717) is 11.0 Å². The molecule has 14 heavy (non-hydrogen) atoms. The molecule has 0 aromatic carbocycles. The number of halogens is 4. The molecule has 0 aliphatic carbocycles. The molecule has 1 rings (SSSR count). The number of pyridine rings is 1. The second-order valence-electron chi connectivity index (χ2n) is 2.54. The van der Waals surface area contributed by atoms with E-state index in [9.17, 15) is 8.78 Å². The molecule has 1 heterocycles. The summed E-state index contributed by atoms with van der Waals surface area (Å²) in [5, 5.41) is 9.33. The van der Waals surface area contributed by atoms with Gasteiger partial charge in [-0.25, -0.2) is 8.78 Å². The predicted octanol–water partition coefficient (Wildman–Crippen LogP) is 3.17. The van der Waals surface area contributed by atoms with Crippen LogP contribution < -0.4 is 0 Å². The van der Waals surface area contributed by atoms with Crippen molar-refractivity contribution in [1.82, 2.24) is 4.98 Å². The minimum absolute atomic E-state index is 0.183. The molecular formula is C8H7Br2F2NO. The SMILES string of the molecule is OCc1c(CBr)ncc(Br)c1C(F)F. The van der Waals surface area contributed by atoms with Crippen molar-refractivity contribution in [3.05, 3.63) is 27.5 Å². The Labute approximate surface area is 96.6 Å².